The number of furan rings is 1. The van der Waals surface area contributed by atoms with Gasteiger partial charge >= 0.3 is 5.91 Å². The van der Waals surface area contributed by atoms with Crippen LogP contribution >= 0.6 is 0 Å². The maximum absolute atomic E-state index is 11.8. The van der Waals surface area contributed by atoms with Gasteiger partial charge in [-0.3, -0.25) is 20.4 Å². The molecule has 2 aliphatic carbocycles. The molecule has 1 aromatic heterocycles. The molecule has 0 spiro atoms. The number of amides is 2. The number of fused-ring (bicyclic) bond motifs is 2. The quantitative estimate of drug-likeness (QED) is 0.817. The van der Waals surface area contributed by atoms with E-state index in [2.05, 4.69) is 10.9 Å². The highest BCUT2D eigenvalue weighted by atomic mass is 16.3. The number of rotatable bonds is 3. The second-order valence-electron chi connectivity index (χ2n) is 5.62. The van der Waals surface area contributed by atoms with Gasteiger partial charge in [0.05, 0.1) is 6.26 Å². The van der Waals surface area contributed by atoms with Crippen molar-refractivity contribution in [2.45, 2.75) is 32.1 Å². The van der Waals surface area contributed by atoms with Gasteiger partial charge < -0.3 is 4.42 Å². The number of nitrogens with one attached hydrogen (secondary N) is 2. The van der Waals surface area contributed by atoms with Crippen molar-refractivity contribution in [1.29, 1.82) is 0 Å². The van der Waals surface area contributed by atoms with Crippen molar-refractivity contribution < 1.29 is 14.0 Å². The molecule has 19 heavy (non-hydrogen) atoms. The fourth-order valence-electron chi connectivity index (χ4n) is 3.51. The fraction of sp³-hybridized carbons (Fsp3) is 0.571. The van der Waals surface area contributed by atoms with Crippen molar-refractivity contribution >= 4 is 11.8 Å². The summed E-state index contributed by atoms with van der Waals surface area (Å²) in [5, 5.41) is 0. The molecule has 3 rings (SSSR count). The highest BCUT2D eigenvalue weighted by Gasteiger charge is 2.40. The molecule has 0 aliphatic heterocycles. The monoisotopic (exact) mass is 262 g/mol. The lowest BCUT2D eigenvalue weighted by Crippen LogP contribution is -2.42. The Bertz CT molecular complexity index is 469. The lowest BCUT2D eigenvalue weighted by Gasteiger charge is -2.20. The van der Waals surface area contributed by atoms with E-state index < -0.39 is 5.91 Å². The average Bonchev–Trinajstić information content (AvgIpc) is 3.12. The average molecular weight is 262 g/mol. The van der Waals surface area contributed by atoms with Crippen LogP contribution in [0.25, 0.3) is 0 Å². The Hall–Kier alpha value is -1.78. The molecule has 1 aromatic rings. The van der Waals surface area contributed by atoms with Crippen molar-refractivity contribution in [2.24, 2.45) is 17.8 Å². The first-order chi connectivity index (χ1) is 9.22. The van der Waals surface area contributed by atoms with Gasteiger partial charge in [-0.05, 0) is 49.1 Å². The van der Waals surface area contributed by atoms with E-state index in [9.17, 15) is 9.59 Å². The van der Waals surface area contributed by atoms with Crippen molar-refractivity contribution in [2.75, 3.05) is 0 Å². The third kappa shape index (κ3) is 2.64. The van der Waals surface area contributed by atoms with Crippen LogP contribution in [0.1, 0.15) is 42.7 Å². The Balaban J connectivity index is 1.43. The molecule has 2 bridgehead atoms. The fourth-order valence-corrected chi connectivity index (χ4v) is 3.51. The molecular weight excluding hydrogens is 244 g/mol. The van der Waals surface area contributed by atoms with Crippen LogP contribution in [0.3, 0.4) is 0 Å². The zero-order valence-corrected chi connectivity index (χ0v) is 10.7. The van der Waals surface area contributed by atoms with Crippen molar-refractivity contribution in [1.82, 2.24) is 10.9 Å². The zero-order valence-electron chi connectivity index (χ0n) is 10.7. The van der Waals surface area contributed by atoms with Gasteiger partial charge in [0, 0.05) is 6.42 Å². The van der Waals surface area contributed by atoms with E-state index in [0.29, 0.717) is 12.3 Å². The Kier molecular flexibility index (Phi) is 3.27. The summed E-state index contributed by atoms with van der Waals surface area (Å²) >= 11 is 0. The van der Waals surface area contributed by atoms with Crippen LogP contribution in [0.15, 0.2) is 22.8 Å². The summed E-state index contributed by atoms with van der Waals surface area (Å²) < 4.78 is 4.94. The van der Waals surface area contributed by atoms with E-state index in [1.807, 2.05) is 0 Å². The van der Waals surface area contributed by atoms with Gasteiger partial charge in [0.25, 0.3) is 0 Å². The molecule has 2 aliphatic rings. The summed E-state index contributed by atoms with van der Waals surface area (Å²) in [5.74, 6) is 1.71. The van der Waals surface area contributed by atoms with Gasteiger partial charge in [0.1, 0.15) is 0 Å². The minimum atomic E-state index is -0.425. The molecule has 0 unspecified atom stereocenters. The molecule has 2 amide bonds. The minimum Gasteiger partial charge on any atom is -0.459 e. The largest absolute Gasteiger partial charge is 0.459 e. The Morgan fingerprint density at radius 1 is 1.26 bits per heavy atom. The van der Waals surface area contributed by atoms with E-state index >= 15 is 0 Å². The maximum Gasteiger partial charge on any atom is 0.305 e. The van der Waals surface area contributed by atoms with Gasteiger partial charge in [0.15, 0.2) is 5.76 Å². The smallest absolute Gasteiger partial charge is 0.305 e. The molecule has 5 nitrogen and oxygen atoms in total. The van der Waals surface area contributed by atoms with Crippen molar-refractivity contribution in [3.63, 3.8) is 0 Å². The van der Waals surface area contributed by atoms with Crippen LogP contribution in [-0.2, 0) is 4.79 Å². The molecule has 2 N–H and O–H groups in total. The third-order valence-corrected chi connectivity index (χ3v) is 4.39. The highest BCUT2D eigenvalue weighted by Crippen LogP contribution is 2.49. The minimum absolute atomic E-state index is 0.113. The summed E-state index contributed by atoms with van der Waals surface area (Å²) in [5.41, 5.74) is 4.83. The molecule has 3 atom stereocenters. The van der Waals surface area contributed by atoms with E-state index in [0.717, 1.165) is 11.8 Å². The molecule has 0 radical (unpaired) electrons. The van der Waals surface area contributed by atoms with Gasteiger partial charge in [-0.1, -0.05) is 6.42 Å². The molecule has 102 valence electrons. The second kappa shape index (κ2) is 5.07. The number of carbonyl (C=O) groups is 2. The van der Waals surface area contributed by atoms with Crippen LogP contribution in [0.4, 0.5) is 0 Å². The van der Waals surface area contributed by atoms with Gasteiger partial charge in [-0.2, -0.15) is 0 Å². The van der Waals surface area contributed by atoms with E-state index in [1.54, 1.807) is 12.1 Å². The van der Waals surface area contributed by atoms with Gasteiger partial charge in [-0.15, -0.1) is 0 Å². The molecule has 0 saturated heterocycles. The molecule has 0 aromatic carbocycles. The molecule has 2 saturated carbocycles. The first-order valence-corrected chi connectivity index (χ1v) is 6.85. The number of hydrazine groups is 1. The standard InChI is InChI=1S/C14H18N2O3/c17-13(8-11-7-9-3-4-10(11)6-9)15-16-14(18)12-2-1-5-19-12/h1-2,5,9-11H,3-4,6-8H2,(H,15,17)(H,16,18)/t9-,10-,11+/m0/s1. The predicted octanol–water partition coefficient (Wildman–Crippen LogP) is 1.87. The summed E-state index contributed by atoms with van der Waals surface area (Å²) in [6.45, 7) is 0. The van der Waals surface area contributed by atoms with Crippen molar-refractivity contribution in [3.05, 3.63) is 24.2 Å². The van der Waals surface area contributed by atoms with E-state index in [4.69, 9.17) is 4.42 Å². The van der Waals surface area contributed by atoms with Gasteiger partial charge in [0.2, 0.25) is 5.91 Å². The van der Waals surface area contributed by atoms with Crippen LogP contribution in [0, 0.1) is 17.8 Å². The van der Waals surface area contributed by atoms with E-state index in [-0.39, 0.29) is 11.7 Å². The normalized spacial score (nSPS) is 28.3. The number of hydrogen-bond donors (Lipinski definition) is 2. The molecule has 5 heteroatoms. The maximum atomic E-state index is 11.8. The third-order valence-electron chi connectivity index (χ3n) is 4.39. The predicted molar refractivity (Wildman–Crippen MR) is 67.9 cm³/mol. The summed E-state index contributed by atoms with van der Waals surface area (Å²) in [6, 6.07) is 3.18. The Morgan fingerprint density at radius 3 is 2.79 bits per heavy atom. The molecule has 2 fully saturated rings. The van der Waals surface area contributed by atoms with Crippen LogP contribution < -0.4 is 10.9 Å². The Morgan fingerprint density at radius 2 is 2.16 bits per heavy atom. The van der Waals surface area contributed by atoms with Crippen LogP contribution in [0.2, 0.25) is 0 Å². The SMILES string of the molecule is O=C(C[C@H]1C[C@H]2CC[C@H]1C2)NNC(=O)c1ccco1. The van der Waals surface area contributed by atoms with Crippen molar-refractivity contribution in [3.8, 4) is 0 Å². The number of hydrogen-bond acceptors (Lipinski definition) is 3. The number of carbonyl (C=O) groups excluding carboxylic acids is 2. The molecular formula is C14H18N2O3. The summed E-state index contributed by atoms with van der Waals surface area (Å²) in [4.78, 5) is 23.3. The van der Waals surface area contributed by atoms with Gasteiger partial charge in [-0.25, -0.2) is 0 Å². The highest BCUT2D eigenvalue weighted by molar-refractivity contribution is 5.92. The van der Waals surface area contributed by atoms with Crippen LogP contribution in [-0.4, -0.2) is 11.8 Å². The molecule has 1 heterocycles. The Labute approximate surface area is 111 Å². The lowest BCUT2D eigenvalue weighted by molar-refractivity contribution is -0.123. The second-order valence-corrected chi connectivity index (χ2v) is 5.62. The first-order valence-electron chi connectivity index (χ1n) is 6.85. The summed E-state index contributed by atoms with van der Waals surface area (Å²) in [7, 11) is 0. The van der Waals surface area contributed by atoms with Crippen LogP contribution in [0.5, 0.6) is 0 Å². The van der Waals surface area contributed by atoms with E-state index in [1.165, 1.54) is 31.9 Å². The zero-order chi connectivity index (χ0) is 13.2. The topological polar surface area (TPSA) is 71.3 Å². The lowest BCUT2D eigenvalue weighted by atomic mass is 9.86. The summed E-state index contributed by atoms with van der Waals surface area (Å²) in [6.07, 6.45) is 6.99. The first kappa shape index (κ1) is 12.3.